The Kier molecular flexibility index (Phi) is 5.34. The number of rotatable bonds is 8. The van der Waals surface area contributed by atoms with Gasteiger partial charge in [-0.1, -0.05) is 0 Å². The van der Waals surface area contributed by atoms with Crippen LogP contribution in [0.4, 0.5) is 5.82 Å². The van der Waals surface area contributed by atoms with E-state index in [9.17, 15) is 18.3 Å². The number of aliphatic hydroxyl groups excluding tert-OH is 1. The molecule has 2 atom stereocenters. The molecule has 0 radical (unpaired) electrons. The predicted molar refractivity (Wildman–Crippen MR) is 132 cm³/mol. The third-order valence-corrected chi connectivity index (χ3v) is 8.88. The molecule has 6 rings (SSSR count). The predicted octanol–water partition coefficient (Wildman–Crippen LogP) is 1.38. The van der Waals surface area contributed by atoms with Crippen molar-refractivity contribution in [2.45, 2.75) is 62.4 Å². The number of hydrogen-bond acceptors (Lipinski definition) is 8. The standard InChI is InChI=1S/C24H29N7O4S/c1-12(13-3-4-13)30-11-15-9-14(10-18(19(15)24(30)33)36(34,35)26-2)17-7-8-31-22(28-17)20(21(25)29-31)23(32)27-16-5-6-16/h7-10,12-13,16,23,26-27,32H,3-6,11H2,1-2H3,(H2,25,29)/t12-,23?/m0/s1. The average Bonchev–Trinajstić information content (AvgIpc) is 3.78. The third-order valence-electron chi connectivity index (χ3n) is 7.44. The molecule has 3 heterocycles. The van der Waals surface area contributed by atoms with E-state index < -0.39 is 16.3 Å². The molecule has 3 aromatic rings. The van der Waals surface area contributed by atoms with Gasteiger partial charge >= 0.3 is 0 Å². The number of aromatic nitrogens is 3. The fourth-order valence-corrected chi connectivity index (χ4v) is 6.00. The topological polar surface area (TPSA) is 155 Å². The number of carbonyl (C=O) groups is 1. The summed E-state index contributed by atoms with van der Waals surface area (Å²) in [5, 5.41) is 18.1. The number of hydrogen-bond donors (Lipinski definition) is 4. The maximum atomic E-state index is 13.3. The van der Waals surface area contributed by atoms with E-state index in [0.29, 0.717) is 40.5 Å². The van der Waals surface area contributed by atoms with Crippen molar-refractivity contribution in [3.05, 3.63) is 41.1 Å². The second kappa shape index (κ2) is 8.23. The van der Waals surface area contributed by atoms with Gasteiger partial charge in [-0.15, -0.1) is 5.10 Å². The Morgan fingerprint density at radius 2 is 1.97 bits per heavy atom. The van der Waals surface area contributed by atoms with Gasteiger partial charge in [0.05, 0.1) is 21.7 Å². The van der Waals surface area contributed by atoms with Crippen LogP contribution in [0.3, 0.4) is 0 Å². The Bertz CT molecular complexity index is 1490. The summed E-state index contributed by atoms with van der Waals surface area (Å²) in [6.45, 7) is 2.37. The Balaban J connectivity index is 1.46. The molecule has 3 aliphatic rings. The van der Waals surface area contributed by atoms with Crippen LogP contribution in [0.1, 0.15) is 60.3 Å². The first kappa shape index (κ1) is 23.3. The van der Waals surface area contributed by atoms with Crippen molar-refractivity contribution in [1.82, 2.24) is 29.5 Å². The van der Waals surface area contributed by atoms with Gasteiger partial charge in [0.15, 0.2) is 11.5 Å². The fourth-order valence-electron chi connectivity index (χ4n) is 5.01. The molecule has 1 aromatic carbocycles. The number of nitrogen functional groups attached to an aromatic ring is 1. The van der Waals surface area contributed by atoms with Crippen LogP contribution in [0.5, 0.6) is 0 Å². The molecule has 36 heavy (non-hydrogen) atoms. The lowest BCUT2D eigenvalue weighted by Gasteiger charge is -2.24. The van der Waals surface area contributed by atoms with Crippen LogP contribution in [0.2, 0.25) is 0 Å². The first-order valence-electron chi connectivity index (χ1n) is 12.2. The van der Waals surface area contributed by atoms with Crippen LogP contribution in [-0.4, -0.2) is 58.1 Å². The number of sulfonamides is 1. The molecule has 0 spiro atoms. The van der Waals surface area contributed by atoms with E-state index in [2.05, 4.69) is 15.1 Å². The molecule has 12 heteroatoms. The minimum absolute atomic E-state index is 0.0470. The van der Waals surface area contributed by atoms with Gasteiger partial charge in [0.25, 0.3) is 5.91 Å². The van der Waals surface area contributed by atoms with Gasteiger partial charge in [-0.05, 0) is 69.3 Å². The number of aliphatic hydroxyl groups is 1. The number of nitrogens with one attached hydrogen (secondary N) is 2. The fraction of sp³-hybridized carbons (Fsp3) is 0.458. The van der Waals surface area contributed by atoms with Crippen molar-refractivity contribution in [3.8, 4) is 11.3 Å². The van der Waals surface area contributed by atoms with Crippen molar-refractivity contribution in [3.63, 3.8) is 0 Å². The second-order valence-corrected chi connectivity index (χ2v) is 11.8. The summed E-state index contributed by atoms with van der Waals surface area (Å²) in [5.74, 6) is 0.369. The summed E-state index contributed by atoms with van der Waals surface area (Å²) in [7, 11) is -2.59. The van der Waals surface area contributed by atoms with E-state index in [4.69, 9.17) is 10.7 Å². The number of amides is 1. The zero-order valence-electron chi connectivity index (χ0n) is 20.1. The molecule has 2 saturated carbocycles. The first-order valence-corrected chi connectivity index (χ1v) is 13.7. The minimum Gasteiger partial charge on any atom is -0.382 e. The van der Waals surface area contributed by atoms with Crippen LogP contribution >= 0.6 is 0 Å². The van der Waals surface area contributed by atoms with E-state index in [1.54, 1.807) is 17.2 Å². The second-order valence-electron chi connectivity index (χ2n) is 9.95. The SMILES string of the molecule is CNS(=O)(=O)c1cc(-c2ccn3nc(N)c(C(O)NC4CC4)c3n2)cc2c1C(=O)N([C@@H](C)C1CC1)C2. The van der Waals surface area contributed by atoms with Gasteiger partial charge in [-0.25, -0.2) is 22.6 Å². The average molecular weight is 512 g/mol. The normalized spacial score (nSPS) is 19.6. The molecule has 0 bridgehead atoms. The number of anilines is 1. The molecule has 0 saturated heterocycles. The van der Waals surface area contributed by atoms with Gasteiger partial charge in [-0.3, -0.25) is 10.1 Å². The van der Waals surface area contributed by atoms with Crippen LogP contribution < -0.4 is 15.8 Å². The van der Waals surface area contributed by atoms with E-state index in [1.165, 1.54) is 17.6 Å². The maximum absolute atomic E-state index is 13.3. The van der Waals surface area contributed by atoms with Gasteiger partial charge in [-0.2, -0.15) is 0 Å². The highest BCUT2D eigenvalue weighted by atomic mass is 32.2. The molecule has 11 nitrogen and oxygen atoms in total. The Labute approximate surface area is 208 Å². The summed E-state index contributed by atoms with van der Waals surface area (Å²) >= 11 is 0. The number of benzene rings is 1. The molecule has 1 amide bonds. The highest BCUT2D eigenvalue weighted by Gasteiger charge is 2.41. The molecule has 2 fully saturated rings. The van der Waals surface area contributed by atoms with Crippen molar-refractivity contribution in [2.75, 3.05) is 12.8 Å². The Hall–Kier alpha value is -3.06. The molecular formula is C24H29N7O4S. The summed E-state index contributed by atoms with van der Waals surface area (Å²) in [6, 6.07) is 5.32. The molecule has 2 aliphatic carbocycles. The van der Waals surface area contributed by atoms with Crippen LogP contribution in [0.25, 0.3) is 16.9 Å². The van der Waals surface area contributed by atoms with E-state index in [0.717, 1.165) is 25.7 Å². The summed E-state index contributed by atoms with van der Waals surface area (Å²) in [6.07, 6.45) is 4.79. The lowest BCUT2D eigenvalue weighted by molar-refractivity contribution is 0.0694. The minimum atomic E-state index is -3.92. The highest BCUT2D eigenvalue weighted by Crippen LogP contribution is 2.40. The third kappa shape index (κ3) is 3.84. The highest BCUT2D eigenvalue weighted by molar-refractivity contribution is 7.89. The van der Waals surface area contributed by atoms with E-state index >= 15 is 0 Å². The summed E-state index contributed by atoms with van der Waals surface area (Å²) in [5.41, 5.74) is 8.77. The zero-order valence-corrected chi connectivity index (χ0v) is 20.9. The maximum Gasteiger partial charge on any atom is 0.256 e. The zero-order chi connectivity index (χ0) is 25.4. The van der Waals surface area contributed by atoms with Crippen LogP contribution in [0.15, 0.2) is 29.3 Å². The van der Waals surface area contributed by atoms with Gasteiger partial charge in [0.1, 0.15) is 6.23 Å². The van der Waals surface area contributed by atoms with E-state index in [1.807, 2.05) is 13.0 Å². The van der Waals surface area contributed by atoms with Crippen molar-refractivity contribution >= 4 is 27.4 Å². The van der Waals surface area contributed by atoms with Crippen molar-refractivity contribution in [2.24, 2.45) is 5.92 Å². The Morgan fingerprint density at radius 1 is 1.22 bits per heavy atom. The monoisotopic (exact) mass is 511 g/mol. The molecule has 190 valence electrons. The van der Waals surface area contributed by atoms with Crippen LogP contribution in [0, 0.1) is 5.92 Å². The summed E-state index contributed by atoms with van der Waals surface area (Å²) < 4.78 is 29.9. The van der Waals surface area contributed by atoms with Gasteiger partial charge < -0.3 is 15.7 Å². The lowest BCUT2D eigenvalue weighted by atomic mass is 10.0. The van der Waals surface area contributed by atoms with Crippen molar-refractivity contribution < 1.29 is 18.3 Å². The largest absolute Gasteiger partial charge is 0.382 e. The van der Waals surface area contributed by atoms with Gasteiger partial charge in [0, 0.05) is 30.4 Å². The van der Waals surface area contributed by atoms with Crippen LogP contribution in [-0.2, 0) is 16.6 Å². The number of carbonyl (C=O) groups excluding carboxylic acids is 1. The Morgan fingerprint density at radius 3 is 2.64 bits per heavy atom. The smallest absolute Gasteiger partial charge is 0.256 e. The molecule has 1 aliphatic heterocycles. The molecule has 1 unspecified atom stereocenters. The molecular weight excluding hydrogens is 482 g/mol. The number of fused-ring (bicyclic) bond motifs is 2. The number of nitrogens with two attached hydrogens (primary N) is 1. The molecule has 2 aromatic heterocycles. The number of nitrogens with zero attached hydrogens (tertiary/aromatic N) is 4. The summed E-state index contributed by atoms with van der Waals surface area (Å²) in [4.78, 5) is 19.8. The lowest BCUT2D eigenvalue weighted by Crippen LogP contribution is -2.35. The molecule has 5 N–H and O–H groups in total. The first-order chi connectivity index (χ1) is 17.2. The van der Waals surface area contributed by atoms with Gasteiger partial charge in [0.2, 0.25) is 10.0 Å². The van der Waals surface area contributed by atoms with Crippen molar-refractivity contribution in [1.29, 1.82) is 0 Å². The quantitative estimate of drug-likeness (QED) is 0.331. The van der Waals surface area contributed by atoms with E-state index in [-0.39, 0.29) is 34.3 Å².